The SMILES string of the molecule is CC(=N)CC1=CCC=CC1. The van der Waals surface area contributed by atoms with E-state index in [4.69, 9.17) is 5.41 Å². The lowest BCUT2D eigenvalue weighted by Crippen LogP contribution is -1.93. The second-order valence-electron chi connectivity index (χ2n) is 2.73. The molecule has 1 N–H and O–H groups in total. The first-order valence-electron chi connectivity index (χ1n) is 3.66. The Labute approximate surface area is 62.0 Å². The first-order chi connectivity index (χ1) is 4.79. The molecule has 1 rings (SSSR count). The molecule has 0 atom stereocenters. The summed E-state index contributed by atoms with van der Waals surface area (Å²) in [6.45, 7) is 1.86. The highest BCUT2D eigenvalue weighted by Crippen LogP contribution is 2.14. The Morgan fingerprint density at radius 1 is 1.60 bits per heavy atom. The topological polar surface area (TPSA) is 23.9 Å². The zero-order valence-corrected chi connectivity index (χ0v) is 6.35. The molecule has 0 aliphatic heterocycles. The molecule has 1 nitrogen and oxygen atoms in total. The van der Waals surface area contributed by atoms with Gasteiger partial charge in [-0.05, 0) is 19.8 Å². The van der Waals surface area contributed by atoms with Gasteiger partial charge in [0.2, 0.25) is 0 Å². The summed E-state index contributed by atoms with van der Waals surface area (Å²) >= 11 is 0. The molecule has 1 aliphatic carbocycles. The van der Waals surface area contributed by atoms with E-state index in [1.807, 2.05) is 6.92 Å². The van der Waals surface area contributed by atoms with E-state index in [-0.39, 0.29) is 0 Å². The van der Waals surface area contributed by atoms with Gasteiger partial charge in [-0.1, -0.05) is 23.8 Å². The fourth-order valence-electron chi connectivity index (χ4n) is 1.13. The third-order valence-electron chi connectivity index (χ3n) is 1.58. The Hall–Kier alpha value is -0.850. The van der Waals surface area contributed by atoms with Crippen LogP contribution >= 0.6 is 0 Å². The van der Waals surface area contributed by atoms with Gasteiger partial charge in [-0.25, -0.2) is 0 Å². The predicted molar refractivity (Wildman–Crippen MR) is 44.5 cm³/mol. The van der Waals surface area contributed by atoms with Gasteiger partial charge in [0.05, 0.1) is 0 Å². The summed E-state index contributed by atoms with van der Waals surface area (Å²) in [6, 6.07) is 0. The van der Waals surface area contributed by atoms with Crippen molar-refractivity contribution in [2.75, 3.05) is 0 Å². The van der Waals surface area contributed by atoms with E-state index < -0.39 is 0 Å². The van der Waals surface area contributed by atoms with Crippen LogP contribution in [0, 0.1) is 5.41 Å². The number of rotatable bonds is 2. The van der Waals surface area contributed by atoms with Gasteiger partial charge in [0.15, 0.2) is 0 Å². The standard InChI is InChI=1S/C9H13N/c1-8(10)7-9-5-3-2-4-6-9/h2-3,6,10H,4-5,7H2,1H3. The van der Waals surface area contributed by atoms with Gasteiger partial charge in [0.1, 0.15) is 0 Å². The van der Waals surface area contributed by atoms with Crippen LogP contribution in [-0.4, -0.2) is 5.71 Å². The van der Waals surface area contributed by atoms with E-state index in [0.717, 1.165) is 25.0 Å². The van der Waals surface area contributed by atoms with Crippen molar-refractivity contribution in [3.8, 4) is 0 Å². The Kier molecular flexibility index (Phi) is 2.43. The summed E-state index contributed by atoms with van der Waals surface area (Å²) in [5, 5.41) is 7.27. The van der Waals surface area contributed by atoms with Crippen LogP contribution in [-0.2, 0) is 0 Å². The van der Waals surface area contributed by atoms with E-state index in [9.17, 15) is 0 Å². The molecule has 0 amide bonds. The van der Waals surface area contributed by atoms with Gasteiger partial charge in [-0.15, -0.1) is 0 Å². The molecule has 0 aromatic heterocycles. The summed E-state index contributed by atoms with van der Waals surface area (Å²) in [5.41, 5.74) is 2.16. The van der Waals surface area contributed by atoms with Crippen molar-refractivity contribution in [1.29, 1.82) is 5.41 Å². The summed E-state index contributed by atoms with van der Waals surface area (Å²) in [5.74, 6) is 0. The zero-order chi connectivity index (χ0) is 7.40. The van der Waals surface area contributed by atoms with Crippen molar-refractivity contribution in [3.63, 3.8) is 0 Å². The Morgan fingerprint density at radius 3 is 2.90 bits per heavy atom. The quantitative estimate of drug-likeness (QED) is 0.444. The molecule has 1 aliphatic rings. The third-order valence-corrected chi connectivity index (χ3v) is 1.58. The lowest BCUT2D eigenvalue weighted by molar-refractivity contribution is 1.06. The van der Waals surface area contributed by atoms with Crippen LogP contribution in [0.1, 0.15) is 26.2 Å². The summed E-state index contributed by atoms with van der Waals surface area (Å²) in [7, 11) is 0. The van der Waals surface area contributed by atoms with Crippen LogP contribution in [0.3, 0.4) is 0 Å². The van der Waals surface area contributed by atoms with Crippen molar-refractivity contribution >= 4 is 5.71 Å². The minimum Gasteiger partial charge on any atom is -0.310 e. The highest BCUT2D eigenvalue weighted by molar-refractivity contribution is 5.81. The van der Waals surface area contributed by atoms with E-state index in [1.54, 1.807) is 0 Å². The van der Waals surface area contributed by atoms with Crippen LogP contribution in [0.4, 0.5) is 0 Å². The van der Waals surface area contributed by atoms with E-state index in [1.165, 1.54) is 5.57 Å². The zero-order valence-electron chi connectivity index (χ0n) is 6.35. The highest BCUT2D eigenvalue weighted by atomic mass is 14.4. The van der Waals surface area contributed by atoms with E-state index in [2.05, 4.69) is 18.2 Å². The average molecular weight is 135 g/mol. The predicted octanol–water partition coefficient (Wildman–Crippen LogP) is 2.69. The molecule has 0 fully saturated rings. The molecule has 0 heterocycles. The van der Waals surface area contributed by atoms with Crippen molar-refractivity contribution in [2.24, 2.45) is 0 Å². The maximum Gasteiger partial charge on any atom is 0.00987 e. The Balaban J connectivity index is 2.41. The van der Waals surface area contributed by atoms with Crippen LogP contribution in [0.2, 0.25) is 0 Å². The fourth-order valence-corrected chi connectivity index (χ4v) is 1.13. The van der Waals surface area contributed by atoms with Crippen LogP contribution in [0.15, 0.2) is 23.8 Å². The second kappa shape index (κ2) is 3.35. The molecule has 54 valence electrons. The average Bonchev–Trinajstić information content (AvgIpc) is 1.88. The van der Waals surface area contributed by atoms with Crippen molar-refractivity contribution in [1.82, 2.24) is 0 Å². The molecule has 0 spiro atoms. The maximum atomic E-state index is 7.27. The Bertz CT molecular complexity index is 187. The van der Waals surface area contributed by atoms with Crippen molar-refractivity contribution in [3.05, 3.63) is 23.8 Å². The van der Waals surface area contributed by atoms with Gasteiger partial charge in [0, 0.05) is 12.1 Å². The summed E-state index contributed by atoms with van der Waals surface area (Å²) < 4.78 is 0. The lowest BCUT2D eigenvalue weighted by atomic mass is 10.0. The molecular weight excluding hydrogens is 122 g/mol. The van der Waals surface area contributed by atoms with Crippen LogP contribution in [0.5, 0.6) is 0 Å². The molecule has 0 aromatic rings. The van der Waals surface area contributed by atoms with Gasteiger partial charge < -0.3 is 5.41 Å². The number of hydrogen-bond acceptors (Lipinski definition) is 1. The first kappa shape index (κ1) is 7.26. The number of nitrogens with one attached hydrogen (secondary N) is 1. The van der Waals surface area contributed by atoms with Gasteiger partial charge in [-0.2, -0.15) is 0 Å². The third kappa shape index (κ3) is 2.18. The van der Waals surface area contributed by atoms with Gasteiger partial charge >= 0.3 is 0 Å². The maximum absolute atomic E-state index is 7.27. The molecule has 0 unspecified atom stereocenters. The molecule has 10 heavy (non-hydrogen) atoms. The number of allylic oxidation sites excluding steroid dienone is 4. The minimum atomic E-state index is 0.765. The molecule has 1 heteroatoms. The highest BCUT2D eigenvalue weighted by Gasteiger charge is 1.98. The van der Waals surface area contributed by atoms with E-state index in [0.29, 0.717) is 0 Å². The lowest BCUT2D eigenvalue weighted by Gasteiger charge is -2.05. The first-order valence-corrected chi connectivity index (χ1v) is 3.66. The largest absolute Gasteiger partial charge is 0.310 e. The van der Waals surface area contributed by atoms with Crippen molar-refractivity contribution < 1.29 is 0 Å². The summed E-state index contributed by atoms with van der Waals surface area (Å²) in [4.78, 5) is 0. The van der Waals surface area contributed by atoms with Gasteiger partial charge in [-0.3, -0.25) is 0 Å². The fraction of sp³-hybridized carbons (Fsp3) is 0.444. The minimum absolute atomic E-state index is 0.765. The molecule has 0 saturated heterocycles. The molecule has 0 radical (unpaired) electrons. The van der Waals surface area contributed by atoms with E-state index >= 15 is 0 Å². The van der Waals surface area contributed by atoms with Crippen LogP contribution in [0.25, 0.3) is 0 Å². The molecule has 0 aromatic carbocycles. The normalized spacial score (nSPS) is 16.7. The molecule has 0 bridgehead atoms. The molecular formula is C9H13N. The van der Waals surface area contributed by atoms with Gasteiger partial charge in [0.25, 0.3) is 0 Å². The second-order valence-corrected chi connectivity index (χ2v) is 2.73. The number of hydrogen-bond donors (Lipinski definition) is 1. The smallest absolute Gasteiger partial charge is 0.00987 e. The van der Waals surface area contributed by atoms with Crippen LogP contribution < -0.4 is 0 Å². The summed E-state index contributed by atoms with van der Waals surface area (Å²) in [6.07, 6.45) is 9.54. The monoisotopic (exact) mass is 135 g/mol. The Morgan fingerprint density at radius 2 is 2.40 bits per heavy atom. The molecule has 0 saturated carbocycles. The van der Waals surface area contributed by atoms with Crippen molar-refractivity contribution in [2.45, 2.75) is 26.2 Å².